The summed E-state index contributed by atoms with van der Waals surface area (Å²) < 4.78 is 5.34. The van der Waals surface area contributed by atoms with Crippen LogP contribution >= 0.6 is 0 Å². The average Bonchev–Trinajstić information content (AvgIpc) is 2.28. The van der Waals surface area contributed by atoms with E-state index >= 15 is 0 Å². The SMILES string of the molecule is CCCNCc1ccc(OCCC)nn1. The van der Waals surface area contributed by atoms with Crippen molar-refractivity contribution in [3.8, 4) is 5.88 Å². The molecule has 1 aromatic rings. The Balaban J connectivity index is 2.35. The lowest BCUT2D eigenvalue weighted by atomic mass is 10.3. The molecule has 1 heterocycles. The van der Waals surface area contributed by atoms with Crippen LogP contribution in [-0.2, 0) is 6.54 Å². The van der Waals surface area contributed by atoms with Gasteiger partial charge in [-0.25, -0.2) is 0 Å². The lowest BCUT2D eigenvalue weighted by Gasteiger charge is -2.04. The van der Waals surface area contributed by atoms with Crippen LogP contribution in [0.2, 0.25) is 0 Å². The minimum Gasteiger partial charge on any atom is -0.477 e. The van der Waals surface area contributed by atoms with Gasteiger partial charge in [-0.2, -0.15) is 5.10 Å². The third kappa shape index (κ3) is 4.74. The van der Waals surface area contributed by atoms with Crippen LogP contribution in [0.1, 0.15) is 32.4 Å². The Kier molecular flexibility index (Phi) is 5.70. The number of hydrogen-bond acceptors (Lipinski definition) is 4. The second-order valence-corrected chi connectivity index (χ2v) is 3.39. The van der Waals surface area contributed by atoms with Crippen LogP contribution in [-0.4, -0.2) is 23.3 Å². The van der Waals surface area contributed by atoms with Crippen LogP contribution < -0.4 is 10.1 Å². The first-order valence-corrected chi connectivity index (χ1v) is 5.53. The fourth-order valence-electron chi connectivity index (χ4n) is 1.12. The van der Waals surface area contributed by atoms with Crippen molar-refractivity contribution in [2.75, 3.05) is 13.2 Å². The van der Waals surface area contributed by atoms with E-state index in [4.69, 9.17) is 4.74 Å². The minimum atomic E-state index is 0.607. The topological polar surface area (TPSA) is 47.0 Å². The fraction of sp³-hybridized carbons (Fsp3) is 0.636. The second-order valence-electron chi connectivity index (χ2n) is 3.39. The summed E-state index contributed by atoms with van der Waals surface area (Å²) in [4.78, 5) is 0. The van der Waals surface area contributed by atoms with Crippen LogP contribution in [0.4, 0.5) is 0 Å². The predicted molar refractivity (Wildman–Crippen MR) is 59.8 cm³/mol. The van der Waals surface area contributed by atoms with Crippen molar-refractivity contribution < 1.29 is 4.74 Å². The Morgan fingerprint density at radius 3 is 2.67 bits per heavy atom. The van der Waals surface area contributed by atoms with Gasteiger partial charge >= 0.3 is 0 Å². The third-order valence-corrected chi connectivity index (χ3v) is 1.88. The number of hydrogen-bond donors (Lipinski definition) is 1. The molecule has 4 nitrogen and oxygen atoms in total. The number of nitrogens with one attached hydrogen (secondary N) is 1. The Morgan fingerprint density at radius 1 is 1.20 bits per heavy atom. The second kappa shape index (κ2) is 7.17. The normalized spacial score (nSPS) is 10.3. The van der Waals surface area contributed by atoms with E-state index in [1.807, 2.05) is 12.1 Å². The molecule has 0 aliphatic carbocycles. The van der Waals surface area contributed by atoms with E-state index in [-0.39, 0.29) is 0 Å². The van der Waals surface area contributed by atoms with Gasteiger partial charge in [0.15, 0.2) is 0 Å². The Hall–Kier alpha value is -1.16. The van der Waals surface area contributed by atoms with E-state index in [0.29, 0.717) is 12.5 Å². The zero-order valence-corrected chi connectivity index (χ0v) is 9.49. The highest BCUT2D eigenvalue weighted by Gasteiger charge is 1.97. The smallest absolute Gasteiger partial charge is 0.233 e. The summed E-state index contributed by atoms with van der Waals surface area (Å²) in [5.41, 5.74) is 0.951. The summed E-state index contributed by atoms with van der Waals surface area (Å²) >= 11 is 0. The van der Waals surface area contributed by atoms with Crippen molar-refractivity contribution in [3.05, 3.63) is 17.8 Å². The molecule has 0 unspecified atom stereocenters. The van der Waals surface area contributed by atoms with Crippen molar-refractivity contribution in [2.24, 2.45) is 0 Å². The Labute approximate surface area is 91.1 Å². The molecule has 1 N–H and O–H groups in total. The van der Waals surface area contributed by atoms with E-state index in [1.165, 1.54) is 0 Å². The highest BCUT2D eigenvalue weighted by Crippen LogP contribution is 2.04. The highest BCUT2D eigenvalue weighted by atomic mass is 16.5. The van der Waals surface area contributed by atoms with Gasteiger partial charge in [0.25, 0.3) is 0 Å². The summed E-state index contributed by atoms with van der Waals surface area (Å²) in [6.07, 6.45) is 2.12. The third-order valence-electron chi connectivity index (χ3n) is 1.88. The number of rotatable bonds is 7. The van der Waals surface area contributed by atoms with Gasteiger partial charge in [-0.3, -0.25) is 0 Å². The van der Waals surface area contributed by atoms with Crippen LogP contribution in [0.3, 0.4) is 0 Å². The van der Waals surface area contributed by atoms with E-state index in [0.717, 1.165) is 31.6 Å². The molecule has 0 aromatic carbocycles. The standard InChI is InChI=1S/C11H19N3O/c1-3-7-12-9-10-5-6-11(14-13-10)15-8-4-2/h5-6,12H,3-4,7-9H2,1-2H3. The molecule has 0 saturated heterocycles. The van der Waals surface area contributed by atoms with Crippen molar-refractivity contribution in [1.82, 2.24) is 15.5 Å². The van der Waals surface area contributed by atoms with Crippen molar-refractivity contribution >= 4 is 0 Å². The molecule has 0 amide bonds. The summed E-state index contributed by atoms with van der Waals surface area (Å²) in [6.45, 7) is 6.68. The molecular weight excluding hydrogens is 190 g/mol. The molecule has 0 spiro atoms. The first kappa shape index (κ1) is 11.9. The molecule has 15 heavy (non-hydrogen) atoms. The largest absolute Gasteiger partial charge is 0.477 e. The molecule has 0 bridgehead atoms. The first-order chi connectivity index (χ1) is 7.36. The monoisotopic (exact) mass is 209 g/mol. The van der Waals surface area contributed by atoms with Gasteiger partial charge < -0.3 is 10.1 Å². The maximum Gasteiger partial charge on any atom is 0.233 e. The Morgan fingerprint density at radius 2 is 2.07 bits per heavy atom. The summed E-state index contributed by atoms with van der Waals surface area (Å²) in [7, 11) is 0. The summed E-state index contributed by atoms with van der Waals surface area (Å²) in [5.74, 6) is 0.607. The molecule has 0 fully saturated rings. The summed E-state index contributed by atoms with van der Waals surface area (Å²) in [6, 6.07) is 3.81. The maximum atomic E-state index is 5.34. The fourth-order valence-corrected chi connectivity index (χ4v) is 1.12. The van der Waals surface area contributed by atoms with E-state index < -0.39 is 0 Å². The molecule has 0 saturated carbocycles. The molecular formula is C11H19N3O. The van der Waals surface area contributed by atoms with Crippen LogP contribution in [0.15, 0.2) is 12.1 Å². The molecule has 0 aliphatic rings. The summed E-state index contributed by atoms with van der Waals surface area (Å²) in [5, 5.41) is 11.3. The van der Waals surface area contributed by atoms with Crippen molar-refractivity contribution in [2.45, 2.75) is 33.2 Å². The number of nitrogens with zero attached hydrogens (tertiary/aromatic N) is 2. The lowest BCUT2D eigenvalue weighted by Crippen LogP contribution is -2.15. The molecule has 0 aliphatic heterocycles. The molecule has 1 aromatic heterocycles. The molecule has 0 radical (unpaired) electrons. The Bertz CT molecular complexity index is 261. The van der Waals surface area contributed by atoms with Crippen LogP contribution in [0.25, 0.3) is 0 Å². The van der Waals surface area contributed by atoms with Gasteiger partial charge in [0.2, 0.25) is 5.88 Å². The zero-order chi connectivity index (χ0) is 10.9. The van der Waals surface area contributed by atoms with E-state index in [1.54, 1.807) is 0 Å². The molecule has 1 rings (SSSR count). The first-order valence-electron chi connectivity index (χ1n) is 5.53. The molecule has 0 atom stereocenters. The van der Waals surface area contributed by atoms with Gasteiger partial charge in [0.05, 0.1) is 12.3 Å². The van der Waals surface area contributed by atoms with Crippen LogP contribution in [0, 0.1) is 0 Å². The minimum absolute atomic E-state index is 0.607. The van der Waals surface area contributed by atoms with Gasteiger partial charge in [-0.1, -0.05) is 13.8 Å². The van der Waals surface area contributed by atoms with E-state index in [2.05, 4.69) is 29.4 Å². The van der Waals surface area contributed by atoms with Crippen LogP contribution in [0.5, 0.6) is 5.88 Å². The quantitative estimate of drug-likeness (QED) is 0.695. The van der Waals surface area contributed by atoms with Gasteiger partial charge in [-0.05, 0) is 25.5 Å². The number of aromatic nitrogens is 2. The van der Waals surface area contributed by atoms with E-state index in [9.17, 15) is 0 Å². The lowest BCUT2D eigenvalue weighted by molar-refractivity contribution is 0.301. The van der Waals surface area contributed by atoms with Crippen molar-refractivity contribution in [1.29, 1.82) is 0 Å². The van der Waals surface area contributed by atoms with Gasteiger partial charge in [0, 0.05) is 12.6 Å². The zero-order valence-electron chi connectivity index (χ0n) is 9.49. The maximum absolute atomic E-state index is 5.34. The highest BCUT2D eigenvalue weighted by molar-refractivity contribution is 5.11. The molecule has 4 heteroatoms. The average molecular weight is 209 g/mol. The predicted octanol–water partition coefficient (Wildman–Crippen LogP) is 1.76. The number of ether oxygens (including phenoxy) is 1. The molecule has 84 valence electrons. The van der Waals surface area contributed by atoms with Crippen molar-refractivity contribution in [3.63, 3.8) is 0 Å². The van der Waals surface area contributed by atoms with Gasteiger partial charge in [0.1, 0.15) is 0 Å². The van der Waals surface area contributed by atoms with Gasteiger partial charge in [-0.15, -0.1) is 5.10 Å².